The molecule has 102 valence electrons. The van der Waals surface area contributed by atoms with Crippen molar-refractivity contribution in [3.8, 4) is 18.1 Å². The average molecular weight is 325 g/mol. The topological polar surface area (TPSA) is 64.3 Å². The monoisotopic (exact) mass is 324 g/mol. The molecule has 0 bridgehead atoms. The van der Waals surface area contributed by atoms with Crippen LogP contribution in [0.2, 0.25) is 0 Å². The summed E-state index contributed by atoms with van der Waals surface area (Å²) in [7, 11) is 0. The molecular formula is C14H17BrN2O2. The molecule has 0 spiro atoms. The zero-order chi connectivity index (χ0) is 14.4. The van der Waals surface area contributed by atoms with Gasteiger partial charge >= 0.3 is 0 Å². The molecule has 5 heteroatoms. The van der Waals surface area contributed by atoms with Gasteiger partial charge in [0.15, 0.2) is 6.10 Å². The fraction of sp³-hybridized carbons (Fsp3) is 0.357. The number of carbonyl (C=O) groups excluding carboxylic acids is 1. The Hall–Kier alpha value is -1.51. The summed E-state index contributed by atoms with van der Waals surface area (Å²) in [5.41, 5.74) is 6.72. The summed E-state index contributed by atoms with van der Waals surface area (Å²) in [5.74, 6) is 2.68. The van der Waals surface area contributed by atoms with Crippen LogP contribution in [-0.4, -0.2) is 18.6 Å². The molecule has 0 heterocycles. The summed E-state index contributed by atoms with van der Waals surface area (Å²) in [5, 5.41) is 2.57. The quantitative estimate of drug-likeness (QED) is 0.814. The smallest absolute Gasteiger partial charge is 0.261 e. The number of carbonyl (C=O) groups is 1. The molecule has 1 unspecified atom stereocenters. The molecule has 0 fully saturated rings. The second-order valence-corrected chi connectivity index (χ2v) is 5.07. The molecule has 1 aromatic rings. The van der Waals surface area contributed by atoms with Gasteiger partial charge in [-0.3, -0.25) is 4.79 Å². The summed E-state index contributed by atoms with van der Waals surface area (Å²) in [6.45, 7) is 3.71. The minimum Gasteiger partial charge on any atom is -0.481 e. The highest BCUT2D eigenvalue weighted by molar-refractivity contribution is 9.10. The number of nitrogens with two attached hydrogens (primary N) is 1. The predicted molar refractivity (Wildman–Crippen MR) is 78.7 cm³/mol. The van der Waals surface area contributed by atoms with E-state index in [0.717, 1.165) is 10.0 Å². The first kappa shape index (κ1) is 15.5. The first-order valence-electron chi connectivity index (χ1n) is 5.88. The van der Waals surface area contributed by atoms with E-state index in [2.05, 4.69) is 27.2 Å². The molecule has 0 aliphatic heterocycles. The lowest BCUT2D eigenvalue weighted by atomic mass is 10.1. The summed E-state index contributed by atoms with van der Waals surface area (Å²) < 4.78 is 6.52. The Morgan fingerprint density at radius 3 is 2.84 bits per heavy atom. The Bertz CT molecular complexity index is 495. The summed E-state index contributed by atoms with van der Waals surface area (Å²) in [6.07, 6.45) is 4.45. The van der Waals surface area contributed by atoms with Crippen LogP contribution in [0.25, 0.3) is 0 Å². The first-order valence-corrected chi connectivity index (χ1v) is 6.68. The lowest BCUT2D eigenvalue weighted by Gasteiger charge is -2.18. The van der Waals surface area contributed by atoms with Crippen molar-refractivity contribution >= 4 is 21.8 Å². The lowest BCUT2D eigenvalue weighted by molar-refractivity contribution is -0.127. The van der Waals surface area contributed by atoms with E-state index in [1.165, 1.54) is 0 Å². The molecule has 0 saturated carbocycles. The minimum absolute atomic E-state index is 0.177. The lowest BCUT2D eigenvalue weighted by Crippen LogP contribution is -2.36. The standard InChI is InChI=1S/C14H17BrN2O2/c1-4-7-17-14(18)10(3)19-13-8-11(15)5-6-12(13)9(2)16/h1,5-6,8-10H,7,16H2,2-3H3,(H,17,18)/t9-,10?/m1/s1. The minimum atomic E-state index is -0.639. The van der Waals surface area contributed by atoms with Crippen LogP contribution in [0.3, 0.4) is 0 Å². The molecule has 0 aliphatic rings. The van der Waals surface area contributed by atoms with E-state index in [1.807, 2.05) is 19.1 Å². The van der Waals surface area contributed by atoms with Crippen LogP contribution in [0.4, 0.5) is 0 Å². The number of halogens is 1. The molecule has 3 N–H and O–H groups in total. The third kappa shape index (κ3) is 4.58. The fourth-order valence-corrected chi connectivity index (χ4v) is 1.85. The van der Waals surface area contributed by atoms with Crippen LogP contribution >= 0.6 is 15.9 Å². The summed E-state index contributed by atoms with van der Waals surface area (Å²) >= 11 is 3.37. The molecular weight excluding hydrogens is 308 g/mol. The third-order valence-corrected chi connectivity index (χ3v) is 3.00. The highest BCUT2D eigenvalue weighted by atomic mass is 79.9. The number of hydrogen-bond donors (Lipinski definition) is 2. The van der Waals surface area contributed by atoms with Gasteiger partial charge in [0, 0.05) is 16.1 Å². The summed E-state index contributed by atoms with van der Waals surface area (Å²) in [6, 6.07) is 5.37. The van der Waals surface area contributed by atoms with Gasteiger partial charge in [0.05, 0.1) is 6.54 Å². The number of benzene rings is 1. The van der Waals surface area contributed by atoms with E-state index >= 15 is 0 Å². The second-order valence-electron chi connectivity index (χ2n) is 4.15. The number of terminal acetylenes is 1. The molecule has 1 aromatic carbocycles. The van der Waals surface area contributed by atoms with Gasteiger partial charge < -0.3 is 15.8 Å². The average Bonchev–Trinajstić information content (AvgIpc) is 2.35. The number of ether oxygens (including phenoxy) is 1. The number of hydrogen-bond acceptors (Lipinski definition) is 3. The van der Waals surface area contributed by atoms with Gasteiger partial charge in [0.1, 0.15) is 5.75 Å². The maximum absolute atomic E-state index is 11.7. The molecule has 0 aliphatic carbocycles. The van der Waals surface area contributed by atoms with Gasteiger partial charge in [-0.1, -0.05) is 27.9 Å². The van der Waals surface area contributed by atoms with Gasteiger partial charge in [-0.2, -0.15) is 0 Å². The van der Waals surface area contributed by atoms with E-state index in [0.29, 0.717) is 5.75 Å². The summed E-state index contributed by atoms with van der Waals surface area (Å²) in [4.78, 5) is 11.7. The van der Waals surface area contributed by atoms with Crippen LogP contribution in [-0.2, 0) is 4.79 Å². The van der Waals surface area contributed by atoms with Crippen molar-refractivity contribution in [1.29, 1.82) is 0 Å². The highest BCUT2D eigenvalue weighted by Gasteiger charge is 2.17. The van der Waals surface area contributed by atoms with E-state index in [4.69, 9.17) is 16.9 Å². The van der Waals surface area contributed by atoms with Crippen molar-refractivity contribution in [3.05, 3.63) is 28.2 Å². The largest absolute Gasteiger partial charge is 0.481 e. The van der Waals surface area contributed by atoms with Gasteiger partial charge in [-0.15, -0.1) is 6.42 Å². The maximum Gasteiger partial charge on any atom is 0.261 e. The number of amides is 1. The number of rotatable bonds is 5. The van der Waals surface area contributed by atoms with E-state index in [1.54, 1.807) is 13.0 Å². The van der Waals surface area contributed by atoms with Crippen molar-refractivity contribution in [3.63, 3.8) is 0 Å². The molecule has 4 nitrogen and oxygen atoms in total. The molecule has 0 radical (unpaired) electrons. The van der Waals surface area contributed by atoms with Crippen molar-refractivity contribution in [2.45, 2.75) is 26.0 Å². The van der Waals surface area contributed by atoms with E-state index < -0.39 is 6.10 Å². The van der Waals surface area contributed by atoms with Crippen LogP contribution in [0, 0.1) is 12.3 Å². The first-order chi connectivity index (χ1) is 8.95. The molecule has 2 atom stereocenters. The van der Waals surface area contributed by atoms with Crippen LogP contribution in [0.5, 0.6) is 5.75 Å². The van der Waals surface area contributed by atoms with Crippen molar-refractivity contribution < 1.29 is 9.53 Å². The van der Waals surface area contributed by atoms with E-state index in [9.17, 15) is 4.79 Å². The van der Waals surface area contributed by atoms with Crippen LogP contribution in [0.15, 0.2) is 22.7 Å². The Morgan fingerprint density at radius 1 is 1.58 bits per heavy atom. The predicted octanol–water partition coefficient (Wildman–Crippen LogP) is 1.99. The SMILES string of the molecule is C#CCNC(=O)C(C)Oc1cc(Br)ccc1[C@@H](C)N. The molecule has 0 aromatic heterocycles. The van der Waals surface area contributed by atoms with Gasteiger partial charge in [0.2, 0.25) is 0 Å². The Morgan fingerprint density at radius 2 is 2.26 bits per heavy atom. The zero-order valence-electron chi connectivity index (χ0n) is 10.9. The van der Waals surface area contributed by atoms with Gasteiger partial charge in [-0.25, -0.2) is 0 Å². The molecule has 1 rings (SSSR count). The Labute approximate surface area is 121 Å². The van der Waals surface area contributed by atoms with Gasteiger partial charge in [-0.05, 0) is 26.0 Å². The maximum atomic E-state index is 11.7. The van der Waals surface area contributed by atoms with Crippen LogP contribution in [0.1, 0.15) is 25.5 Å². The Balaban J connectivity index is 2.84. The fourth-order valence-electron chi connectivity index (χ4n) is 1.51. The molecule has 1 amide bonds. The molecule has 19 heavy (non-hydrogen) atoms. The van der Waals surface area contributed by atoms with E-state index in [-0.39, 0.29) is 18.5 Å². The van der Waals surface area contributed by atoms with Crippen molar-refractivity contribution in [1.82, 2.24) is 5.32 Å². The number of nitrogens with one attached hydrogen (secondary N) is 1. The highest BCUT2D eigenvalue weighted by Crippen LogP contribution is 2.28. The van der Waals surface area contributed by atoms with Crippen molar-refractivity contribution in [2.24, 2.45) is 5.73 Å². The molecule has 0 saturated heterocycles. The third-order valence-electron chi connectivity index (χ3n) is 2.50. The van der Waals surface area contributed by atoms with Crippen LogP contribution < -0.4 is 15.8 Å². The van der Waals surface area contributed by atoms with Gasteiger partial charge in [0.25, 0.3) is 5.91 Å². The Kier molecular flexibility index (Phi) is 5.87. The normalized spacial score (nSPS) is 13.2. The second kappa shape index (κ2) is 7.17. The van der Waals surface area contributed by atoms with Crippen molar-refractivity contribution in [2.75, 3.05) is 6.54 Å². The zero-order valence-corrected chi connectivity index (χ0v) is 12.5.